The zero-order chi connectivity index (χ0) is 18.0. The molecule has 1 atom stereocenters. The summed E-state index contributed by atoms with van der Waals surface area (Å²) < 4.78 is 51.6. The largest absolute Gasteiger partial charge is 0.417 e. The van der Waals surface area contributed by atoms with Gasteiger partial charge in [-0.1, -0.05) is 17.7 Å². The number of benzene rings is 1. The van der Waals surface area contributed by atoms with Crippen LogP contribution in [0.1, 0.15) is 17.5 Å². The number of pyridine rings is 1. The summed E-state index contributed by atoms with van der Waals surface area (Å²) >= 11 is 5.63. The number of nitrogens with one attached hydrogen (secondary N) is 1. The van der Waals surface area contributed by atoms with E-state index in [9.17, 15) is 17.6 Å². The van der Waals surface area contributed by atoms with E-state index in [4.69, 9.17) is 11.6 Å². The number of anilines is 1. The summed E-state index contributed by atoms with van der Waals surface area (Å²) in [6.07, 6.45) is -2.14. The van der Waals surface area contributed by atoms with Gasteiger partial charge in [-0.25, -0.2) is 4.98 Å². The van der Waals surface area contributed by atoms with E-state index in [1.54, 1.807) is 12.1 Å². The van der Waals surface area contributed by atoms with Crippen molar-refractivity contribution in [3.63, 3.8) is 0 Å². The maximum Gasteiger partial charge on any atom is 0.417 e. The topological polar surface area (TPSA) is 28.2 Å². The number of hydrogen-bond donors (Lipinski definition) is 1. The fourth-order valence-electron chi connectivity index (χ4n) is 2.88. The van der Waals surface area contributed by atoms with Gasteiger partial charge >= 0.3 is 6.18 Å². The van der Waals surface area contributed by atoms with Gasteiger partial charge in [0.25, 0.3) is 0 Å². The standard InChI is InChI=1S/C17H16ClF4N3/c18-15-3-1-11(7-14(15)17(20,21)22)8-23-12-5-6-25(10-12)13-2-4-16(19)24-9-13/h1-4,7,9,12,23H,5-6,8,10H2/t12-/m0/s1. The molecular formula is C17H16ClF4N3. The summed E-state index contributed by atoms with van der Waals surface area (Å²) in [6, 6.07) is 7.04. The molecule has 1 N–H and O–H groups in total. The first-order valence-corrected chi connectivity index (χ1v) is 8.16. The van der Waals surface area contributed by atoms with E-state index in [0.717, 1.165) is 24.7 Å². The lowest BCUT2D eigenvalue weighted by molar-refractivity contribution is -0.137. The van der Waals surface area contributed by atoms with Crippen molar-refractivity contribution in [1.82, 2.24) is 10.3 Å². The third kappa shape index (κ3) is 4.41. The molecule has 0 unspecified atom stereocenters. The molecule has 8 heteroatoms. The van der Waals surface area contributed by atoms with Gasteiger partial charge in [0.15, 0.2) is 0 Å². The highest BCUT2D eigenvalue weighted by molar-refractivity contribution is 6.31. The smallest absolute Gasteiger partial charge is 0.369 e. The van der Waals surface area contributed by atoms with Crippen molar-refractivity contribution in [3.8, 4) is 0 Å². The Morgan fingerprint density at radius 3 is 2.72 bits per heavy atom. The molecule has 1 saturated heterocycles. The molecule has 1 aromatic carbocycles. The molecule has 3 rings (SSSR count). The number of rotatable bonds is 4. The van der Waals surface area contributed by atoms with Crippen molar-refractivity contribution in [3.05, 3.63) is 58.6 Å². The monoisotopic (exact) mass is 373 g/mol. The quantitative estimate of drug-likeness (QED) is 0.641. The Morgan fingerprint density at radius 1 is 1.24 bits per heavy atom. The highest BCUT2D eigenvalue weighted by atomic mass is 35.5. The maximum absolute atomic E-state index is 12.9. The molecule has 1 aromatic heterocycles. The van der Waals surface area contributed by atoms with E-state index < -0.39 is 17.7 Å². The molecule has 25 heavy (non-hydrogen) atoms. The normalized spacial score (nSPS) is 18.0. The van der Waals surface area contributed by atoms with E-state index in [1.165, 1.54) is 18.3 Å². The Labute approximate surface area is 147 Å². The SMILES string of the molecule is Fc1ccc(N2CC[C@H](NCc3ccc(Cl)c(C(F)(F)F)c3)C2)cn1. The van der Waals surface area contributed by atoms with Crippen molar-refractivity contribution in [2.24, 2.45) is 0 Å². The van der Waals surface area contributed by atoms with Crippen LogP contribution in [0.3, 0.4) is 0 Å². The zero-order valence-corrected chi connectivity index (χ0v) is 13.9. The Hall–Kier alpha value is -1.86. The molecule has 0 spiro atoms. The second-order valence-corrected chi connectivity index (χ2v) is 6.37. The van der Waals surface area contributed by atoms with Crippen LogP contribution < -0.4 is 10.2 Å². The van der Waals surface area contributed by atoms with Crippen LogP contribution in [0, 0.1) is 5.95 Å². The van der Waals surface area contributed by atoms with E-state index in [-0.39, 0.29) is 11.1 Å². The Balaban J connectivity index is 1.59. The van der Waals surface area contributed by atoms with Crippen LogP contribution in [-0.4, -0.2) is 24.1 Å². The number of nitrogens with zero attached hydrogens (tertiary/aromatic N) is 2. The summed E-state index contributed by atoms with van der Waals surface area (Å²) in [5.74, 6) is -0.527. The molecule has 0 saturated carbocycles. The summed E-state index contributed by atoms with van der Waals surface area (Å²) in [5.41, 5.74) is 0.536. The van der Waals surface area contributed by atoms with E-state index in [2.05, 4.69) is 15.2 Å². The number of alkyl halides is 3. The molecule has 1 aliphatic rings. The van der Waals surface area contributed by atoms with Gasteiger partial charge in [0.05, 0.1) is 22.5 Å². The molecule has 3 nitrogen and oxygen atoms in total. The zero-order valence-electron chi connectivity index (χ0n) is 13.2. The predicted octanol–water partition coefficient (Wildman–Crippen LogP) is 4.26. The first-order valence-electron chi connectivity index (χ1n) is 7.78. The summed E-state index contributed by atoms with van der Waals surface area (Å²) in [6.45, 7) is 1.78. The van der Waals surface area contributed by atoms with E-state index in [1.807, 2.05) is 0 Å². The second-order valence-electron chi connectivity index (χ2n) is 5.96. The van der Waals surface area contributed by atoms with Crippen LogP contribution in [0.5, 0.6) is 0 Å². The predicted molar refractivity (Wildman–Crippen MR) is 88.1 cm³/mol. The summed E-state index contributed by atoms with van der Waals surface area (Å²) in [5, 5.41) is 2.96. The van der Waals surface area contributed by atoms with Gasteiger partial charge in [0.2, 0.25) is 5.95 Å². The molecule has 1 aliphatic heterocycles. The average molecular weight is 374 g/mol. The summed E-state index contributed by atoms with van der Waals surface area (Å²) in [7, 11) is 0. The molecule has 1 fully saturated rings. The van der Waals surface area contributed by atoms with Crippen LogP contribution in [0.15, 0.2) is 36.5 Å². The average Bonchev–Trinajstić information content (AvgIpc) is 3.02. The molecule has 0 aliphatic carbocycles. The number of hydrogen-bond acceptors (Lipinski definition) is 3. The fourth-order valence-corrected chi connectivity index (χ4v) is 3.10. The molecule has 0 amide bonds. The minimum Gasteiger partial charge on any atom is -0.369 e. The summed E-state index contributed by atoms with van der Waals surface area (Å²) in [4.78, 5) is 5.70. The van der Waals surface area contributed by atoms with Crippen LogP contribution in [0.4, 0.5) is 23.2 Å². The third-order valence-electron chi connectivity index (χ3n) is 4.20. The molecule has 0 bridgehead atoms. The molecule has 134 valence electrons. The fraction of sp³-hybridized carbons (Fsp3) is 0.353. The van der Waals surface area contributed by atoms with Gasteiger partial charge in [0.1, 0.15) is 0 Å². The van der Waals surface area contributed by atoms with Crippen molar-refractivity contribution in [2.45, 2.75) is 25.2 Å². The van der Waals surface area contributed by atoms with Crippen LogP contribution in [0.25, 0.3) is 0 Å². The third-order valence-corrected chi connectivity index (χ3v) is 4.53. The molecular weight excluding hydrogens is 358 g/mol. The minimum absolute atomic E-state index is 0.134. The van der Waals surface area contributed by atoms with Crippen molar-refractivity contribution in [2.75, 3.05) is 18.0 Å². The van der Waals surface area contributed by atoms with Crippen LogP contribution in [0.2, 0.25) is 5.02 Å². The van der Waals surface area contributed by atoms with E-state index >= 15 is 0 Å². The van der Waals surface area contributed by atoms with Crippen LogP contribution >= 0.6 is 11.6 Å². The Kier molecular flexibility index (Phi) is 5.15. The number of aromatic nitrogens is 1. The lowest BCUT2D eigenvalue weighted by atomic mass is 10.1. The van der Waals surface area contributed by atoms with Crippen LogP contribution in [-0.2, 0) is 12.7 Å². The lowest BCUT2D eigenvalue weighted by Gasteiger charge is -2.19. The first-order chi connectivity index (χ1) is 11.8. The molecule has 2 heterocycles. The number of halogens is 5. The van der Waals surface area contributed by atoms with Gasteiger partial charge in [-0.15, -0.1) is 0 Å². The van der Waals surface area contributed by atoms with Gasteiger partial charge in [-0.3, -0.25) is 0 Å². The second kappa shape index (κ2) is 7.17. The Morgan fingerprint density at radius 2 is 2.04 bits per heavy atom. The molecule has 2 aromatic rings. The first kappa shape index (κ1) is 17.9. The van der Waals surface area contributed by atoms with E-state index in [0.29, 0.717) is 18.7 Å². The van der Waals surface area contributed by atoms with Crippen molar-refractivity contribution < 1.29 is 17.6 Å². The van der Waals surface area contributed by atoms with Gasteiger partial charge in [-0.05, 0) is 36.2 Å². The highest BCUT2D eigenvalue weighted by Gasteiger charge is 2.33. The van der Waals surface area contributed by atoms with Gasteiger partial charge in [-0.2, -0.15) is 17.6 Å². The molecule has 0 radical (unpaired) electrons. The van der Waals surface area contributed by atoms with Crippen molar-refractivity contribution >= 4 is 17.3 Å². The van der Waals surface area contributed by atoms with Gasteiger partial charge < -0.3 is 10.2 Å². The lowest BCUT2D eigenvalue weighted by Crippen LogP contribution is -2.32. The maximum atomic E-state index is 12.9. The van der Waals surface area contributed by atoms with Gasteiger partial charge in [0, 0.05) is 25.7 Å². The highest BCUT2D eigenvalue weighted by Crippen LogP contribution is 2.35. The Bertz CT molecular complexity index is 734. The van der Waals surface area contributed by atoms with Crippen molar-refractivity contribution in [1.29, 1.82) is 0 Å². The minimum atomic E-state index is -4.47.